The van der Waals surface area contributed by atoms with Crippen LogP contribution in [-0.2, 0) is 20.2 Å². The highest BCUT2D eigenvalue weighted by Gasteiger charge is 2.62. The summed E-state index contributed by atoms with van der Waals surface area (Å²) in [5.74, 6) is -0.806. The van der Waals surface area contributed by atoms with Gasteiger partial charge in [-0.05, 0) is 61.9 Å². The fraction of sp³-hybridized carbons (Fsp3) is 0.231. The second-order valence-corrected chi connectivity index (χ2v) is 13.3. The van der Waals surface area contributed by atoms with E-state index in [-0.39, 0.29) is 47.4 Å². The number of alkyl halides is 3. The zero-order valence-electron chi connectivity index (χ0n) is 20.2. The van der Waals surface area contributed by atoms with Crippen LogP contribution in [0.25, 0.3) is 0 Å². The Morgan fingerprint density at radius 1 is 1.00 bits per heavy atom. The second kappa shape index (κ2) is 10.9. The molecule has 3 aromatic rings. The molecule has 0 saturated carbocycles. The molecule has 1 heterocycles. The van der Waals surface area contributed by atoms with E-state index in [1.807, 2.05) is 0 Å². The van der Waals surface area contributed by atoms with Gasteiger partial charge in [0.25, 0.3) is 11.5 Å². The highest BCUT2D eigenvalue weighted by Crippen LogP contribution is 2.49. The largest absolute Gasteiger partial charge is 0.435 e. The van der Waals surface area contributed by atoms with Crippen molar-refractivity contribution < 1.29 is 27.0 Å². The van der Waals surface area contributed by atoms with Crippen LogP contribution in [0.3, 0.4) is 0 Å². The Kier molecular flexibility index (Phi) is 8.32. The summed E-state index contributed by atoms with van der Waals surface area (Å²) in [7, 11) is -3.37. The summed E-state index contributed by atoms with van der Waals surface area (Å²) in [5.41, 5.74) is -2.76. The molecule has 0 radical (unpaired) electrons. The van der Waals surface area contributed by atoms with Crippen molar-refractivity contribution in [2.75, 3.05) is 0 Å². The van der Waals surface area contributed by atoms with E-state index in [0.29, 0.717) is 0 Å². The SMILES string of the molecule is CC(C)S(=O)(=NC(=O)c1ccc(C2=NOC(c3cc(Cl)cc(Cl)c3)(C(F)(F)F)C2)cc1)c1c(Cl)cccc1Cl. The van der Waals surface area contributed by atoms with Crippen LogP contribution in [0.4, 0.5) is 13.2 Å². The lowest BCUT2D eigenvalue weighted by Crippen LogP contribution is -2.42. The third kappa shape index (κ3) is 5.65. The van der Waals surface area contributed by atoms with Crippen LogP contribution >= 0.6 is 46.4 Å². The Morgan fingerprint density at radius 2 is 1.56 bits per heavy atom. The summed E-state index contributed by atoms with van der Waals surface area (Å²) in [6.45, 7) is 3.25. The molecule has 0 N–H and O–H groups in total. The Morgan fingerprint density at radius 3 is 2.08 bits per heavy atom. The maximum atomic E-state index is 14.3. The molecule has 0 fully saturated rings. The normalized spacial score (nSPS) is 18.9. The number of hydrogen-bond acceptors (Lipinski definition) is 4. The maximum absolute atomic E-state index is 14.3. The zero-order chi connectivity index (χ0) is 28.8. The molecule has 5 nitrogen and oxygen atoms in total. The Balaban J connectivity index is 1.66. The van der Waals surface area contributed by atoms with Gasteiger partial charge < -0.3 is 4.84 Å². The molecule has 1 amide bonds. The smallest absolute Gasteiger partial charge is 0.374 e. The number of benzene rings is 3. The van der Waals surface area contributed by atoms with E-state index in [4.69, 9.17) is 51.2 Å². The van der Waals surface area contributed by atoms with Crippen molar-refractivity contribution in [1.82, 2.24) is 0 Å². The van der Waals surface area contributed by atoms with Crippen LogP contribution in [0.5, 0.6) is 0 Å². The lowest BCUT2D eigenvalue weighted by Gasteiger charge is -2.29. The number of carbonyl (C=O) groups is 1. The summed E-state index contributed by atoms with van der Waals surface area (Å²) < 4.78 is 60.6. The monoisotopic (exact) mass is 636 g/mol. The first-order valence-electron chi connectivity index (χ1n) is 11.3. The predicted octanol–water partition coefficient (Wildman–Crippen LogP) is 8.96. The highest BCUT2D eigenvalue weighted by molar-refractivity contribution is 7.94. The van der Waals surface area contributed by atoms with Gasteiger partial charge in [0, 0.05) is 32.8 Å². The molecule has 39 heavy (non-hydrogen) atoms. The number of amides is 1. The fourth-order valence-corrected chi connectivity index (χ4v) is 7.38. The molecule has 2 unspecified atom stereocenters. The molecule has 0 aromatic heterocycles. The van der Waals surface area contributed by atoms with Gasteiger partial charge >= 0.3 is 6.18 Å². The van der Waals surface area contributed by atoms with E-state index >= 15 is 0 Å². The summed E-state index contributed by atoms with van der Waals surface area (Å²) in [6.07, 6.45) is -5.50. The molecule has 0 saturated heterocycles. The summed E-state index contributed by atoms with van der Waals surface area (Å²) >= 11 is 24.4. The van der Waals surface area contributed by atoms with Crippen LogP contribution in [0.15, 0.2) is 75.1 Å². The molecule has 0 spiro atoms. The van der Waals surface area contributed by atoms with E-state index in [1.54, 1.807) is 19.9 Å². The summed E-state index contributed by atoms with van der Waals surface area (Å²) in [5, 5.41) is 3.35. The first-order valence-corrected chi connectivity index (χ1v) is 14.4. The summed E-state index contributed by atoms with van der Waals surface area (Å²) in [4.78, 5) is 18.1. The molecule has 0 bridgehead atoms. The van der Waals surface area contributed by atoms with E-state index in [1.165, 1.54) is 42.5 Å². The van der Waals surface area contributed by atoms with Gasteiger partial charge in [0.15, 0.2) is 0 Å². The third-order valence-corrected chi connectivity index (χ3v) is 10.1. The van der Waals surface area contributed by atoms with Crippen molar-refractivity contribution in [3.8, 4) is 0 Å². The minimum atomic E-state index is -4.85. The molecule has 3 aromatic carbocycles. The molecule has 206 valence electrons. The van der Waals surface area contributed by atoms with Crippen molar-refractivity contribution in [1.29, 1.82) is 0 Å². The van der Waals surface area contributed by atoms with Gasteiger partial charge in [0.05, 0.1) is 30.4 Å². The average Bonchev–Trinajstić information content (AvgIpc) is 3.30. The fourth-order valence-electron chi connectivity index (χ4n) is 3.98. The van der Waals surface area contributed by atoms with Crippen LogP contribution in [0.1, 0.15) is 41.8 Å². The quantitative estimate of drug-likeness (QED) is 0.280. The van der Waals surface area contributed by atoms with E-state index < -0.39 is 39.1 Å². The molecule has 1 aliphatic heterocycles. The Labute approximate surface area is 243 Å². The third-order valence-electron chi connectivity index (χ3n) is 6.05. The maximum Gasteiger partial charge on any atom is 0.435 e. The molecule has 13 heteroatoms. The van der Waals surface area contributed by atoms with Gasteiger partial charge in [-0.3, -0.25) is 4.79 Å². The Bertz CT molecular complexity index is 1560. The van der Waals surface area contributed by atoms with E-state index in [9.17, 15) is 22.2 Å². The molecule has 0 aliphatic carbocycles. The lowest BCUT2D eigenvalue weighted by atomic mass is 9.86. The number of nitrogens with zero attached hydrogens (tertiary/aromatic N) is 2. The van der Waals surface area contributed by atoms with E-state index in [0.717, 1.165) is 12.1 Å². The van der Waals surface area contributed by atoms with Crippen LogP contribution in [-0.4, -0.2) is 27.3 Å². The van der Waals surface area contributed by atoms with Gasteiger partial charge in [-0.15, -0.1) is 0 Å². The van der Waals surface area contributed by atoms with Crippen LogP contribution < -0.4 is 0 Å². The summed E-state index contributed by atoms with van der Waals surface area (Å²) in [6, 6.07) is 13.7. The topological polar surface area (TPSA) is 68.1 Å². The highest BCUT2D eigenvalue weighted by atomic mass is 35.5. The predicted molar refractivity (Wildman–Crippen MR) is 148 cm³/mol. The van der Waals surface area contributed by atoms with Crippen molar-refractivity contribution in [2.24, 2.45) is 9.52 Å². The number of oxime groups is 1. The number of halogens is 7. The van der Waals surface area contributed by atoms with Gasteiger partial charge in [-0.25, -0.2) is 4.21 Å². The molecular weight excluding hydrogens is 619 g/mol. The van der Waals surface area contributed by atoms with E-state index in [2.05, 4.69) is 9.52 Å². The minimum absolute atomic E-state index is 0.00631. The van der Waals surface area contributed by atoms with Crippen molar-refractivity contribution >= 4 is 67.8 Å². The van der Waals surface area contributed by atoms with Gasteiger partial charge in [-0.1, -0.05) is 69.8 Å². The molecular formula is C26H19Cl4F3N2O3S. The van der Waals surface area contributed by atoms with Crippen LogP contribution in [0.2, 0.25) is 20.1 Å². The zero-order valence-corrected chi connectivity index (χ0v) is 24.1. The average molecular weight is 638 g/mol. The minimum Gasteiger partial charge on any atom is -0.374 e. The number of hydrogen-bond donors (Lipinski definition) is 0. The first-order chi connectivity index (χ1) is 18.2. The van der Waals surface area contributed by atoms with Gasteiger partial charge in [0.2, 0.25) is 0 Å². The van der Waals surface area contributed by atoms with Crippen molar-refractivity contribution in [3.05, 3.63) is 97.4 Å². The van der Waals surface area contributed by atoms with Crippen molar-refractivity contribution in [3.63, 3.8) is 0 Å². The Hall–Kier alpha value is -2.30. The number of rotatable bonds is 5. The molecule has 2 atom stereocenters. The lowest BCUT2D eigenvalue weighted by molar-refractivity contribution is -0.275. The van der Waals surface area contributed by atoms with Gasteiger partial charge in [0.1, 0.15) is 0 Å². The molecule has 4 rings (SSSR count). The van der Waals surface area contributed by atoms with Gasteiger partial charge in [-0.2, -0.15) is 17.5 Å². The molecule has 1 aliphatic rings. The number of carbonyl (C=O) groups excluding carboxylic acids is 1. The standard InChI is InChI=1S/C26H19Cl4F3N2O3S/c1-14(2)39(37,23-20(29)4-3-5-21(23)30)35-24(36)16-8-6-15(7-9-16)22-13-25(38-34-22,26(31,32)33)17-10-18(27)12-19(28)11-17/h3-12,14H,13H2,1-2H3. The van der Waals surface area contributed by atoms with Crippen molar-refractivity contribution in [2.45, 2.75) is 42.2 Å². The second-order valence-electron chi connectivity index (χ2n) is 8.93. The first kappa shape index (κ1) is 29.7. The van der Waals surface area contributed by atoms with Crippen LogP contribution in [0, 0.1) is 0 Å².